The molecule has 0 aliphatic carbocycles. The first-order valence-corrected chi connectivity index (χ1v) is 9.56. The summed E-state index contributed by atoms with van der Waals surface area (Å²) in [6.07, 6.45) is 1.34. The molecule has 30 heavy (non-hydrogen) atoms. The topological polar surface area (TPSA) is 148 Å². The molecule has 1 aromatic heterocycles. The maximum absolute atomic E-state index is 10.6. The third-order valence-corrected chi connectivity index (χ3v) is 4.43. The number of hydrogen-bond donors (Lipinski definition) is 5. The molecule has 3 rings (SSSR count). The lowest BCUT2D eigenvalue weighted by Crippen LogP contribution is -2.43. The van der Waals surface area contributed by atoms with Gasteiger partial charge in [0, 0.05) is 38.9 Å². The summed E-state index contributed by atoms with van der Waals surface area (Å²) in [5.41, 5.74) is 0.335. The van der Waals surface area contributed by atoms with Crippen LogP contribution in [0.15, 0.2) is 30.5 Å². The van der Waals surface area contributed by atoms with Gasteiger partial charge in [-0.15, -0.1) is 0 Å². The standard InChI is InChI=1S/C11H19N5O.C9H8O4/c1-9(17)8-14-11-13-3-2-10(15-11)16-6-4-12-5-7-16;1-5-6(8(10)11)3-2-4-7(5)9(12)13/h2-3,9,12,17H,4-8H2,1H3,(H,13,14,15);2-4H,1H3,(H,10,11)(H,12,13). The van der Waals surface area contributed by atoms with Crippen LogP contribution in [0.5, 0.6) is 0 Å². The third-order valence-electron chi connectivity index (χ3n) is 4.43. The zero-order valence-corrected chi connectivity index (χ0v) is 17.0. The lowest BCUT2D eigenvalue weighted by molar-refractivity contribution is 0.0696. The number of piperazine rings is 1. The zero-order chi connectivity index (χ0) is 22.1. The fourth-order valence-corrected chi connectivity index (χ4v) is 2.84. The zero-order valence-electron chi connectivity index (χ0n) is 17.0. The minimum absolute atomic E-state index is 0.0277. The summed E-state index contributed by atoms with van der Waals surface area (Å²) >= 11 is 0. The fourth-order valence-electron chi connectivity index (χ4n) is 2.84. The molecule has 0 bridgehead atoms. The van der Waals surface area contributed by atoms with Crippen LogP contribution < -0.4 is 15.5 Å². The van der Waals surface area contributed by atoms with Crippen molar-refractivity contribution in [1.29, 1.82) is 0 Å². The average Bonchev–Trinajstić information content (AvgIpc) is 2.73. The number of carboxylic acids is 2. The van der Waals surface area contributed by atoms with Crippen LogP contribution in [0.3, 0.4) is 0 Å². The summed E-state index contributed by atoms with van der Waals surface area (Å²) in [7, 11) is 0. The van der Waals surface area contributed by atoms with Gasteiger partial charge in [0.25, 0.3) is 0 Å². The van der Waals surface area contributed by atoms with Gasteiger partial charge in [0.15, 0.2) is 0 Å². The maximum atomic E-state index is 10.6. The van der Waals surface area contributed by atoms with Gasteiger partial charge in [0.1, 0.15) is 5.82 Å². The molecule has 10 heteroatoms. The van der Waals surface area contributed by atoms with Gasteiger partial charge >= 0.3 is 11.9 Å². The fraction of sp³-hybridized carbons (Fsp3) is 0.400. The van der Waals surface area contributed by atoms with Gasteiger partial charge < -0.3 is 30.9 Å². The number of aliphatic hydroxyl groups is 1. The molecule has 2 heterocycles. The minimum Gasteiger partial charge on any atom is -0.478 e. The molecule has 1 saturated heterocycles. The number of rotatable bonds is 6. The Kier molecular flexibility index (Phi) is 8.51. The highest BCUT2D eigenvalue weighted by molar-refractivity contribution is 5.96. The number of aliphatic hydroxyl groups excluding tert-OH is 1. The monoisotopic (exact) mass is 417 g/mol. The Balaban J connectivity index is 0.000000222. The molecule has 1 aliphatic heterocycles. The molecule has 0 spiro atoms. The van der Waals surface area contributed by atoms with E-state index in [1.807, 2.05) is 6.07 Å². The number of benzene rings is 1. The van der Waals surface area contributed by atoms with E-state index in [2.05, 4.69) is 25.5 Å². The van der Waals surface area contributed by atoms with Gasteiger partial charge in [-0.1, -0.05) is 6.07 Å². The van der Waals surface area contributed by atoms with Gasteiger partial charge in [-0.2, -0.15) is 4.98 Å². The lowest BCUT2D eigenvalue weighted by Gasteiger charge is -2.28. The Morgan fingerprint density at radius 2 is 1.77 bits per heavy atom. The normalized spacial score (nSPS) is 14.3. The number of carboxylic acid groups (broad SMARTS) is 2. The summed E-state index contributed by atoms with van der Waals surface area (Å²) < 4.78 is 0. The average molecular weight is 417 g/mol. The molecule has 162 valence electrons. The molecule has 1 unspecified atom stereocenters. The van der Waals surface area contributed by atoms with Crippen molar-refractivity contribution < 1.29 is 24.9 Å². The molecule has 1 fully saturated rings. The van der Waals surface area contributed by atoms with E-state index in [1.165, 1.54) is 25.1 Å². The number of aromatic nitrogens is 2. The number of hydrogen-bond acceptors (Lipinski definition) is 8. The van der Waals surface area contributed by atoms with Crippen LogP contribution in [0.25, 0.3) is 0 Å². The second-order valence-electron chi connectivity index (χ2n) is 6.79. The lowest BCUT2D eigenvalue weighted by atomic mass is 10.0. The maximum Gasteiger partial charge on any atom is 0.335 e. The molecule has 0 amide bonds. The van der Waals surface area contributed by atoms with E-state index >= 15 is 0 Å². The van der Waals surface area contributed by atoms with Crippen molar-refractivity contribution in [2.75, 3.05) is 42.9 Å². The first-order chi connectivity index (χ1) is 14.3. The van der Waals surface area contributed by atoms with E-state index in [0.717, 1.165) is 32.0 Å². The van der Waals surface area contributed by atoms with Crippen LogP contribution in [-0.2, 0) is 0 Å². The molecule has 0 radical (unpaired) electrons. The molecular formula is C20H27N5O5. The van der Waals surface area contributed by atoms with Crippen molar-refractivity contribution in [3.8, 4) is 0 Å². The van der Waals surface area contributed by atoms with Gasteiger partial charge in [-0.05, 0) is 37.6 Å². The third kappa shape index (κ3) is 6.68. The summed E-state index contributed by atoms with van der Waals surface area (Å²) in [4.78, 5) is 32.0. The summed E-state index contributed by atoms with van der Waals surface area (Å²) in [6.45, 7) is 7.58. The number of carbonyl (C=O) groups is 2. The molecule has 1 aliphatic rings. The highest BCUT2D eigenvalue weighted by atomic mass is 16.4. The first-order valence-electron chi connectivity index (χ1n) is 9.56. The van der Waals surface area contributed by atoms with E-state index in [4.69, 9.17) is 10.2 Å². The Morgan fingerprint density at radius 3 is 2.30 bits per heavy atom. The molecule has 0 saturated carbocycles. The second kappa shape index (κ2) is 11.1. The molecule has 5 N–H and O–H groups in total. The van der Waals surface area contributed by atoms with Crippen molar-refractivity contribution >= 4 is 23.7 Å². The Morgan fingerprint density at radius 1 is 1.17 bits per heavy atom. The predicted octanol–water partition coefficient (Wildman–Crippen LogP) is 1.07. The van der Waals surface area contributed by atoms with E-state index in [0.29, 0.717) is 12.5 Å². The van der Waals surface area contributed by atoms with Crippen LogP contribution in [0.4, 0.5) is 11.8 Å². The SMILES string of the molecule is CC(O)CNc1nccc(N2CCNCC2)n1.Cc1c(C(=O)O)cccc1C(=O)O. The van der Waals surface area contributed by atoms with Gasteiger partial charge in [0.2, 0.25) is 5.95 Å². The van der Waals surface area contributed by atoms with Gasteiger partial charge in [0.05, 0.1) is 17.2 Å². The van der Waals surface area contributed by atoms with E-state index in [-0.39, 0.29) is 16.7 Å². The van der Waals surface area contributed by atoms with Gasteiger partial charge in [-0.25, -0.2) is 14.6 Å². The Bertz CT molecular complexity index is 836. The Labute approximate surface area is 174 Å². The van der Waals surface area contributed by atoms with Crippen LogP contribution in [0, 0.1) is 6.92 Å². The number of anilines is 2. The molecular weight excluding hydrogens is 390 g/mol. The van der Waals surface area contributed by atoms with Crippen LogP contribution in [0.2, 0.25) is 0 Å². The number of aromatic carboxylic acids is 2. The van der Waals surface area contributed by atoms with Crippen LogP contribution >= 0.6 is 0 Å². The number of nitrogens with zero attached hydrogens (tertiary/aromatic N) is 3. The largest absolute Gasteiger partial charge is 0.478 e. The predicted molar refractivity (Wildman–Crippen MR) is 112 cm³/mol. The van der Waals surface area contributed by atoms with Gasteiger partial charge in [-0.3, -0.25) is 0 Å². The molecule has 1 aromatic carbocycles. The quantitative estimate of drug-likeness (QED) is 0.462. The molecule has 10 nitrogen and oxygen atoms in total. The summed E-state index contributed by atoms with van der Waals surface area (Å²) in [5.74, 6) is -0.710. The van der Waals surface area contributed by atoms with E-state index in [1.54, 1.807) is 13.1 Å². The summed E-state index contributed by atoms with van der Waals surface area (Å²) in [6, 6.07) is 6.09. The first kappa shape index (κ1) is 23.0. The minimum atomic E-state index is -1.11. The highest BCUT2D eigenvalue weighted by Gasteiger charge is 2.14. The van der Waals surface area contributed by atoms with Crippen molar-refractivity contribution in [1.82, 2.24) is 15.3 Å². The number of nitrogens with one attached hydrogen (secondary N) is 2. The second-order valence-corrected chi connectivity index (χ2v) is 6.79. The molecule has 1 atom stereocenters. The Hall–Kier alpha value is -3.24. The van der Waals surface area contributed by atoms with Crippen molar-refractivity contribution in [3.05, 3.63) is 47.2 Å². The smallest absolute Gasteiger partial charge is 0.335 e. The van der Waals surface area contributed by atoms with Crippen molar-refractivity contribution in [2.45, 2.75) is 20.0 Å². The van der Waals surface area contributed by atoms with E-state index in [9.17, 15) is 14.7 Å². The highest BCUT2D eigenvalue weighted by Crippen LogP contribution is 2.14. The van der Waals surface area contributed by atoms with Crippen LogP contribution in [-0.4, -0.2) is 76.1 Å². The van der Waals surface area contributed by atoms with E-state index < -0.39 is 18.0 Å². The van der Waals surface area contributed by atoms with Crippen LogP contribution in [0.1, 0.15) is 33.2 Å². The molecule has 2 aromatic rings. The van der Waals surface area contributed by atoms with Crippen molar-refractivity contribution in [3.63, 3.8) is 0 Å². The summed E-state index contributed by atoms with van der Waals surface area (Å²) in [5, 5.41) is 32.9. The van der Waals surface area contributed by atoms with Crippen molar-refractivity contribution in [2.24, 2.45) is 0 Å².